The predicted molar refractivity (Wildman–Crippen MR) is 261 cm³/mol. The van der Waals surface area contributed by atoms with Crippen LogP contribution in [0.2, 0.25) is 0 Å². The number of esters is 2. The van der Waals surface area contributed by atoms with E-state index < -0.39 is 18.1 Å². The van der Waals surface area contributed by atoms with E-state index in [0.29, 0.717) is 19.3 Å². The van der Waals surface area contributed by atoms with E-state index in [1.165, 1.54) is 51.4 Å². The van der Waals surface area contributed by atoms with Crippen molar-refractivity contribution in [3.05, 3.63) is 109 Å². The molecule has 0 rings (SSSR count). The molecule has 0 aromatic rings. The summed E-state index contributed by atoms with van der Waals surface area (Å²) in [5, 5.41) is 9.63. The first-order valence-electron chi connectivity index (χ1n) is 23.9. The highest BCUT2D eigenvalue weighted by Gasteiger charge is 2.31. The van der Waals surface area contributed by atoms with E-state index in [4.69, 9.17) is 14.2 Å². The molecule has 350 valence electrons. The van der Waals surface area contributed by atoms with Gasteiger partial charge in [0.1, 0.15) is 6.61 Å². The molecule has 0 saturated heterocycles. The molecule has 0 fully saturated rings. The highest BCUT2D eigenvalue weighted by Crippen LogP contribution is 2.11. The maximum atomic E-state index is 12.7. The van der Waals surface area contributed by atoms with Crippen LogP contribution < -0.4 is 0 Å². The van der Waals surface area contributed by atoms with Gasteiger partial charge in [-0.3, -0.25) is 9.59 Å². The Hall–Kier alpha value is -4.01. The van der Waals surface area contributed by atoms with E-state index in [9.17, 15) is 19.5 Å². The summed E-state index contributed by atoms with van der Waals surface area (Å²) in [6.45, 7) is 4.55. The first kappa shape index (κ1) is 58.0. The van der Waals surface area contributed by atoms with Crippen LogP contribution in [0.15, 0.2) is 109 Å². The van der Waals surface area contributed by atoms with E-state index in [1.54, 1.807) is 0 Å². The number of unbranched alkanes of at least 4 members (excludes halogenated alkanes) is 9. The Balaban J connectivity index is 4.50. The standard InChI is InChI=1S/C54H87NO7/c1-6-8-10-12-14-16-18-20-22-24-25-26-27-29-30-32-34-36-38-40-42-44-52(56)61-49-50(48-60-47-46-51(54(58)59)55(3,4)5)62-53(57)45-43-41-39-37-35-33-31-28-23-21-19-17-15-13-11-9-7-2/h14-17,20-23,25-26,29-31,33-34,36-37,39,50-51H,6-13,18-19,24,27-28,32,35,38,40-49H2,1-5H3/p+1/b16-14+,17-15+,22-20+,23-21+,26-25+,30-29+,33-31+,36-34+,39-37+. The number of likely N-dealkylation sites (N-methyl/N-ethyl adjacent to an activating group) is 1. The number of carbonyl (C=O) groups excluding carboxylic acids is 2. The maximum absolute atomic E-state index is 12.7. The lowest BCUT2D eigenvalue weighted by molar-refractivity contribution is -0.887. The van der Waals surface area contributed by atoms with Gasteiger partial charge in [0.05, 0.1) is 34.4 Å². The van der Waals surface area contributed by atoms with Crippen molar-refractivity contribution in [3.63, 3.8) is 0 Å². The number of nitrogens with zero attached hydrogens (tertiary/aromatic N) is 1. The van der Waals surface area contributed by atoms with E-state index in [1.807, 2.05) is 21.1 Å². The van der Waals surface area contributed by atoms with E-state index in [2.05, 4.69) is 123 Å². The van der Waals surface area contributed by atoms with Crippen LogP contribution in [0.1, 0.15) is 162 Å². The first-order chi connectivity index (χ1) is 30.1. The van der Waals surface area contributed by atoms with Crippen molar-refractivity contribution in [2.24, 2.45) is 0 Å². The number of aliphatic carboxylic acids is 1. The Morgan fingerprint density at radius 3 is 1.24 bits per heavy atom. The number of carbonyl (C=O) groups is 3. The fourth-order valence-electron chi connectivity index (χ4n) is 6.16. The molecule has 0 radical (unpaired) electrons. The van der Waals surface area contributed by atoms with Crippen LogP contribution in [-0.4, -0.2) is 80.6 Å². The van der Waals surface area contributed by atoms with Crippen LogP contribution in [0, 0.1) is 0 Å². The fraction of sp³-hybridized carbons (Fsp3) is 0.611. The molecule has 8 nitrogen and oxygen atoms in total. The van der Waals surface area contributed by atoms with Crippen molar-refractivity contribution in [2.45, 2.75) is 174 Å². The monoisotopic (exact) mass is 863 g/mol. The molecule has 0 spiro atoms. The van der Waals surface area contributed by atoms with Crippen molar-refractivity contribution >= 4 is 17.9 Å². The van der Waals surface area contributed by atoms with Gasteiger partial charge in [0.15, 0.2) is 12.1 Å². The van der Waals surface area contributed by atoms with Gasteiger partial charge in [0.2, 0.25) is 0 Å². The quantitative estimate of drug-likeness (QED) is 0.0283. The largest absolute Gasteiger partial charge is 0.477 e. The van der Waals surface area contributed by atoms with Crippen molar-refractivity contribution < 1.29 is 38.2 Å². The molecular weight excluding hydrogens is 775 g/mol. The van der Waals surface area contributed by atoms with Gasteiger partial charge >= 0.3 is 17.9 Å². The van der Waals surface area contributed by atoms with Crippen molar-refractivity contribution in [3.8, 4) is 0 Å². The smallest absolute Gasteiger partial charge is 0.362 e. The molecule has 2 unspecified atom stereocenters. The number of quaternary nitrogens is 1. The van der Waals surface area contributed by atoms with Gasteiger partial charge in [0.25, 0.3) is 0 Å². The second-order valence-electron chi connectivity index (χ2n) is 16.7. The van der Waals surface area contributed by atoms with Gasteiger partial charge in [-0.2, -0.15) is 0 Å². The van der Waals surface area contributed by atoms with Gasteiger partial charge < -0.3 is 23.8 Å². The van der Waals surface area contributed by atoms with Crippen LogP contribution >= 0.6 is 0 Å². The van der Waals surface area contributed by atoms with Crippen LogP contribution in [0.3, 0.4) is 0 Å². The Morgan fingerprint density at radius 1 is 0.484 bits per heavy atom. The van der Waals surface area contributed by atoms with Crippen LogP contribution in [0.4, 0.5) is 0 Å². The van der Waals surface area contributed by atoms with Gasteiger partial charge in [-0.25, -0.2) is 4.79 Å². The first-order valence-corrected chi connectivity index (χ1v) is 23.9. The third-order valence-corrected chi connectivity index (χ3v) is 9.90. The SMILES string of the molecule is CCCCC/C=C/C/C=C/C/C=C/C/C=C/C/C=C/CCCCC(=O)OCC(COCCC(C(=O)O)[N+](C)(C)C)OC(=O)CCC/C=C/C/C=C/C/C=C/C/C=C/CCCCC. The van der Waals surface area contributed by atoms with Gasteiger partial charge in [-0.05, 0) is 103 Å². The Morgan fingerprint density at radius 2 is 0.855 bits per heavy atom. The van der Waals surface area contributed by atoms with Gasteiger partial charge in [-0.15, -0.1) is 0 Å². The summed E-state index contributed by atoms with van der Waals surface area (Å²) >= 11 is 0. The Bertz CT molecular complexity index is 1370. The summed E-state index contributed by atoms with van der Waals surface area (Å²) in [4.78, 5) is 37.0. The molecule has 0 amide bonds. The summed E-state index contributed by atoms with van der Waals surface area (Å²) in [5.41, 5.74) is 0. The maximum Gasteiger partial charge on any atom is 0.362 e. The zero-order valence-corrected chi connectivity index (χ0v) is 39.8. The molecule has 0 heterocycles. The molecule has 0 bridgehead atoms. The molecule has 0 aliphatic heterocycles. The molecule has 8 heteroatoms. The molecule has 0 aliphatic rings. The lowest BCUT2D eigenvalue weighted by atomic mass is 10.1. The van der Waals surface area contributed by atoms with Crippen LogP contribution in [0.5, 0.6) is 0 Å². The Kier molecular flexibility index (Phi) is 40.8. The second kappa shape index (κ2) is 43.6. The minimum absolute atomic E-state index is 0.0178. The highest BCUT2D eigenvalue weighted by atomic mass is 16.6. The van der Waals surface area contributed by atoms with Crippen molar-refractivity contribution in [1.82, 2.24) is 0 Å². The number of hydrogen-bond acceptors (Lipinski definition) is 6. The molecule has 0 aromatic heterocycles. The summed E-state index contributed by atoms with van der Waals surface area (Å²) in [5.74, 6) is -1.61. The third-order valence-electron chi connectivity index (χ3n) is 9.90. The molecule has 62 heavy (non-hydrogen) atoms. The van der Waals surface area contributed by atoms with Gasteiger partial charge in [-0.1, -0.05) is 149 Å². The normalized spacial score (nSPS) is 13.9. The number of carboxylic acids is 1. The number of allylic oxidation sites excluding steroid dienone is 18. The zero-order valence-electron chi connectivity index (χ0n) is 39.8. The highest BCUT2D eigenvalue weighted by molar-refractivity contribution is 5.72. The van der Waals surface area contributed by atoms with Crippen molar-refractivity contribution in [1.29, 1.82) is 0 Å². The van der Waals surface area contributed by atoms with E-state index >= 15 is 0 Å². The molecule has 0 saturated carbocycles. The molecule has 1 N–H and O–H groups in total. The van der Waals surface area contributed by atoms with Gasteiger partial charge in [0, 0.05) is 19.3 Å². The zero-order chi connectivity index (χ0) is 45.6. The molecule has 2 atom stereocenters. The predicted octanol–water partition coefficient (Wildman–Crippen LogP) is 13.6. The minimum Gasteiger partial charge on any atom is -0.477 e. The Labute approximate surface area is 378 Å². The minimum atomic E-state index is -0.894. The fourth-order valence-corrected chi connectivity index (χ4v) is 6.16. The topological polar surface area (TPSA) is 99.1 Å². The molecular formula is C54H88NO7+. The van der Waals surface area contributed by atoms with E-state index in [-0.39, 0.29) is 49.1 Å². The second-order valence-corrected chi connectivity index (χ2v) is 16.7. The summed E-state index contributed by atoms with van der Waals surface area (Å²) in [6, 6.07) is -0.638. The summed E-state index contributed by atoms with van der Waals surface area (Å²) < 4.78 is 17.2. The number of ether oxygens (including phenoxy) is 3. The average molecular weight is 863 g/mol. The lowest BCUT2D eigenvalue weighted by Gasteiger charge is -2.31. The summed E-state index contributed by atoms with van der Waals surface area (Å²) in [6.07, 6.45) is 60.0. The number of hydrogen-bond donors (Lipinski definition) is 1. The molecule has 0 aromatic carbocycles. The average Bonchev–Trinajstić information content (AvgIpc) is 3.23. The van der Waals surface area contributed by atoms with E-state index in [0.717, 1.165) is 64.2 Å². The van der Waals surface area contributed by atoms with Crippen LogP contribution in [0.25, 0.3) is 0 Å². The molecule has 0 aliphatic carbocycles. The lowest BCUT2D eigenvalue weighted by Crippen LogP contribution is -2.50. The van der Waals surface area contributed by atoms with Crippen molar-refractivity contribution in [2.75, 3.05) is 41.0 Å². The number of rotatable bonds is 41. The number of carboxylic acid groups (broad SMARTS) is 1. The third kappa shape index (κ3) is 41.3. The van der Waals surface area contributed by atoms with Crippen LogP contribution in [-0.2, 0) is 28.6 Å². The summed E-state index contributed by atoms with van der Waals surface area (Å²) in [7, 11) is 5.48.